The van der Waals surface area contributed by atoms with E-state index in [1.807, 2.05) is 0 Å². The van der Waals surface area contributed by atoms with Crippen molar-refractivity contribution in [2.24, 2.45) is 11.8 Å². The van der Waals surface area contributed by atoms with Gasteiger partial charge in [0, 0.05) is 18.5 Å². The fraction of sp³-hybridized carbons (Fsp3) is 0.923. The molecule has 0 bridgehead atoms. The SMILES string of the molecule is CC(C)CN(C(=O)C1CCNCC1)C(C)C. The van der Waals surface area contributed by atoms with Gasteiger partial charge in [0.15, 0.2) is 0 Å². The van der Waals surface area contributed by atoms with Gasteiger partial charge in [0.05, 0.1) is 0 Å². The molecule has 0 aromatic heterocycles. The van der Waals surface area contributed by atoms with Crippen LogP contribution in [0.2, 0.25) is 0 Å². The second-order valence-corrected chi connectivity index (χ2v) is 5.50. The lowest BCUT2D eigenvalue weighted by molar-refractivity contribution is -0.138. The van der Waals surface area contributed by atoms with E-state index >= 15 is 0 Å². The summed E-state index contributed by atoms with van der Waals surface area (Å²) in [5.41, 5.74) is 0. The van der Waals surface area contributed by atoms with Gasteiger partial charge in [-0.25, -0.2) is 0 Å². The Hall–Kier alpha value is -0.570. The molecule has 0 aliphatic carbocycles. The Morgan fingerprint density at radius 1 is 1.25 bits per heavy atom. The first-order valence-electron chi connectivity index (χ1n) is 6.53. The number of hydrogen-bond acceptors (Lipinski definition) is 2. The molecule has 0 aromatic rings. The van der Waals surface area contributed by atoms with Crippen LogP contribution in [0.25, 0.3) is 0 Å². The molecule has 3 nitrogen and oxygen atoms in total. The number of amides is 1. The molecule has 1 fully saturated rings. The van der Waals surface area contributed by atoms with Crippen molar-refractivity contribution in [2.75, 3.05) is 19.6 Å². The molecule has 1 rings (SSSR count). The number of nitrogens with one attached hydrogen (secondary N) is 1. The predicted molar refractivity (Wildman–Crippen MR) is 67.3 cm³/mol. The second kappa shape index (κ2) is 6.24. The first-order chi connectivity index (χ1) is 7.52. The molecule has 1 saturated heterocycles. The van der Waals surface area contributed by atoms with E-state index in [-0.39, 0.29) is 5.92 Å². The fourth-order valence-corrected chi connectivity index (χ4v) is 2.25. The highest BCUT2D eigenvalue weighted by molar-refractivity contribution is 5.79. The largest absolute Gasteiger partial charge is 0.340 e. The monoisotopic (exact) mass is 226 g/mol. The number of nitrogens with zero attached hydrogens (tertiary/aromatic N) is 1. The van der Waals surface area contributed by atoms with Crippen LogP contribution in [0.15, 0.2) is 0 Å². The van der Waals surface area contributed by atoms with Crippen LogP contribution in [0, 0.1) is 11.8 Å². The van der Waals surface area contributed by atoms with Crippen molar-refractivity contribution in [1.29, 1.82) is 0 Å². The topological polar surface area (TPSA) is 32.3 Å². The van der Waals surface area contributed by atoms with E-state index in [1.165, 1.54) is 0 Å². The summed E-state index contributed by atoms with van der Waals surface area (Å²) >= 11 is 0. The van der Waals surface area contributed by atoms with E-state index in [4.69, 9.17) is 0 Å². The summed E-state index contributed by atoms with van der Waals surface area (Å²) in [6.07, 6.45) is 2.00. The molecule has 94 valence electrons. The van der Waals surface area contributed by atoms with Crippen LogP contribution < -0.4 is 5.32 Å². The number of rotatable bonds is 4. The maximum atomic E-state index is 12.4. The Balaban J connectivity index is 2.58. The van der Waals surface area contributed by atoms with Gasteiger partial charge in [-0.1, -0.05) is 13.8 Å². The zero-order valence-corrected chi connectivity index (χ0v) is 11.1. The van der Waals surface area contributed by atoms with Crippen LogP contribution >= 0.6 is 0 Å². The Morgan fingerprint density at radius 3 is 2.25 bits per heavy atom. The number of piperidine rings is 1. The summed E-state index contributed by atoms with van der Waals surface area (Å²) in [7, 11) is 0. The van der Waals surface area contributed by atoms with Gasteiger partial charge in [0.2, 0.25) is 5.91 Å². The van der Waals surface area contributed by atoms with Crippen LogP contribution in [-0.2, 0) is 4.79 Å². The lowest BCUT2D eigenvalue weighted by Gasteiger charge is -2.33. The van der Waals surface area contributed by atoms with Gasteiger partial charge in [0.1, 0.15) is 0 Å². The Morgan fingerprint density at radius 2 is 1.81 bits per heavy atom. The van der Waals surface area contributed by atoms with Crippen LogP contribution in [0.3, 0.4) is 0 Å². The number of hydrogen-bond donors (Lipinski definition) is 1. The van der Waals surface area contributed by atoms with E-state index in [0.29, 0.717) is 17.9 Å². The van der Waals surface area contributed by atoms with Crippen molar-refractivity contribution >= 4 is 5.91 Å². The number of carbonyl (C=O) groups excluding carboxylic acids is 1. The molecule has 0 spiro atoms. The molecule has 1 aliphatic heterocycles. The average molecular weight is 226 g/mol. The summed E-state index contributed by atoms with van der Waals surface area (Å²) in [4.78, 5) is 14.4. The maximum Gasteiger partial charge on any atom is 0.226 e. The Bertz CT molecular complexity index is 220. The molecular weight excluding hydrogens is 200 g/mol. The van der Waals surface area contributed by atoms with Gasteiger partial charge in [-0.2, -0.15) is 0 Å². The average Bonchev–Trinajstić information content (AvgIpc) is 2.25. The summed E-state index contributed by atoms with van der Waals surface area (Å²) < 4.78 is 0. The fourth-order valence-electron chi connectivity index (χ4n) is 2.25. The molecule has 0 unspecified atom stereocenters. The smallest absolute Gasteiger partial charge is 0.226 e. The minimum Gasteiger partial charge on any atom is -0.340 e. The van der Waals surface area contributed by atoms with Crippen LogP contribution in [0.1, 0.15) is 40.5 Å². The molecule has 0 atom stereocenters. The molecule has 1 heterocycles. The van der Waals surface area contributed by atoms with Gasteiger partial charge in [-0.05, 0) is 45.7 Å². The highest BCUT2D eigenvalue weighted by Crippen LogP contribution is 2.17. The zero-order valence-electron chi connectivity index (χ0n) is 11.1. The molecular formula is C13H26N2O. The van der Waals surface area contributed by atoms with Crippen molar-refractivity contribution in [2.45, 2.75) is 46.6 Å². The van der Waals surface area contributed by atoms with Crippen LogP contribution in [0.5, 0.6) is 0 Å². The molecule has 0 aromatic carbocycles. The molecule has 3 heteroatoms. The van der Waals surface area contributed by atoms with Gasteiger partial charge < -0.3 is 10.2 Å². The highest BCUT2D eigenvalue weighted by Gasteiger charge is 2.27. The molecule has 0 radical (unpaired) electrons. The van der Waals surface area contributed by atoms with E-state index in [2.05, 4.69) is 37.9 Å². The van der Waals surface area contributed by atoms with Crippen molar-refractivity contribution < 1.29 is 4.79 Å². The summed E-state index contributed by atoms with van der Waals surface area (Å²) in [5, 5.41) is 3.31. The van der Waals surface area contributed by atoms with Gasteiger partial charge in [-0.3, -0.25) is 4.79 Å². The highest BCUT2D eigenvalue weighted by atomic mass is 16.2. The van der Waals surface area contributed by atoms with E-state index in [0.717, 1.165) is 32.5 Å². The van der Waals surface area contributed by atoms with Gasteiger partial charge in [0.25, 0.3) is 0 Å². The molecule has 16 heavy (non-hydrogen) atoms. The molecule has 1 amide bonds. The van der Waals surface area contributed by atoms with Crippen molar-refractivity contribution in [3.05, 3.63) is 0 Å². The third-order valence-electron chi connectivity index (χ3n) is 3.16. The van der Waals surface area contributed by atoms with Crippen molar-refractivity contribution in [3.8, 4) is 0 Å². The van der Waals surface area contributed by atoms with Crippen molar-refractivity contribution in [1.82, 2.24) is 10.2 Å². The van der Waals surface area contributed by atoms with Crippen LogP contribution in [-0.4, -0.2) is 36.5 Å². The lowest BCUT2D eigenvalue weighted by atomic mass is 9.95. The number of carbonyl (C=O) groups is 1. The molecule has 1 N–H and O–H groups in total. The quantitative estimate of drug-likeness (QED) is 0.794. The van der Waals surface area contributed by atoms with E-state index in [1.54, 1.807) is 0 Å². The zero-order chi connectivity index (χ0) is 12.1. The second-order valence-electron chi connectivity index (χ2n) is 5.50. The minimum atomic E-state index is 0.252. The Kier molecular flexibility index (Phi) is 5.26. The lowest BCUT2D eigenvalue weighted by Crippen LogP contribution is -2.45. The van der Waals surface area contributed by atoms with Crippen molar-refractivity contribution in [3.63, 3.8) is 0 Å². The van der Waals surface area contributed by atoms with Gasteiger partial charge in [-0.15, -0.1) is 0 Å². The normalized spacial score (nSPS) is 18.1. The summed E-state index contributed by atoms with van der Waals surface area (Å²) in [6.45, 7) is 11.4. The summed E-state index contributed by atoms with van der Waals surface area (Å²) in [6, 6.07) is 0.324. The maximum absolute atomic E-state index is 12.4. The third kappa shape index (κ3) is 3.78. The minimum absolute atomic E-state index is 0.252. The third-order valence-corrected chi connectivity index (χ3v) is 3.16. The summed E-state index contributed by atoms with van der Waals surface area (Å²) in [5.74, 6) is 1.17. The predicted octanol–water partition coefficient (Wildman–Crippen LogP) is 1.88. The Labute approximate surface area is 99.6 Å². The van der Waals surface area contributed by atoms with Gasteiger partial charge >= 0.3 is 0 Å². The first-order valence-corrected chi connectivity index (χ1v) is 6.53. The van der Waals surface area contributed by atoms with E-state index < -0.39 is 0 Å². The van der Waals surface area contributed by atoms with Crippen LogP contribution in [0.4, 0.5) is 0 Å². The first kappa shape index (κ1) is 13.5. The standard InChI is InChI=1S/C13H26N2O/c1-10(2)9-15(11(3)4)13(16)12-5-7-14-8-6-12/h10-12,14H,5-9H2,1-4H3. The van der Waals surface area contributed by atoms with E-state index in [9.17, 15) is 4.79 Å². The molecule has 0 saturated carbocycles. The molecule has 1 aliphatic rings.